The molecule has 1 N–H and O–H groups in total. The second-order valence-electron chi connectivity index (χ2n) is 1.91. The van der Waals surface area contributed by atoms with Gasteiger partial charge in [0, 0.05) is 18.1 Å². The van der Waals surface area contributed by atoms with Crippen molar-refractivity contribution in [2.75, 3.05) is 6.54 Å². The number of halogens is 1. The molecule has 0 rings (SSSR count). The molecule has 0 fully saturated rings. The summed E-state index contributed by atoms with van der Waals surface area (Å²) in [4.78, 5) is 13.0. The van der Waals surface area contributed by atoms with Crippen LogP contribution in [-0.4, -0.2) is 22.3 Å². The second kappa shape index (κ2) is 4.94. The Morgan fingerprint density at radius 1 is 2.00 bits per heavy atom. The lowest BCUT2D eigenvalue weighted by Gasteiger charge is -2.19. The summed E-state index contributed by atoms with van der Waals surface area (Å²) in [7, 11) is 0. The summed E-state index contributed by atoms with van der Waals surface area (Å²) in [6, 6.07) is 0. The Morgan fingerprint density at radius 3 is 2.92 bits per heavy atom. The molecule has 0 amide bonds. The minimum Gasteiger partial charge on any atom is -0.443 e. The van der Waals surface area contributed by atoms with Gasteiger partial charge in [-0.3, -0.25) is 4.79 Å². The molecule has 0 spiro atoms. The Hall–Kier alpha value is -0.820. The zero-order valence-corrected chi connectivity index (χ0v) is 8.48. The molecule has 0 aliphatic rings. The van der Waals surface area contributed by atoms with Gasteiger partial charge in [0.15, 0.2) is 0 Å². The topological polar surface area (TPSA) is 98.9 Å². The Labute approximate surface area is 82.6 Å². The predicted octanol–water partition coefficient (Wildman–Crippen LogP) is 1.64. The number of rotatable bonds is 4. The van der Waals surface area contributed by atoms with E-state index in [-0.39, 0.29) is 6.54 Å². The zero-order chi connectivity index (χ0) is 9.61. The van der Waals surface area contributed by atoms with Crippen molar-refractivity contribution in [2.24, 2.45) is 5.11 Å². The van der Waals surface area contributed by atoms with Crippen LogP contribution in [0.3, 0.4) is 0 Å². The number of hydrogen-bond acceptors (Lipinski definition) is 4. The van der Waals surface area contributed by atoms with Crippen LogP contribution in [0.15, 0.2) is 5.11 Å². The Balaban J connectivity index is 4.32. The van der Waals surface area contributed by atoms with Crippen molar-refractivity contribution in [3.05, 3.63) is 10.4 Å². The number of carbonyl (C=O) groups excluding carboxylic acids is 1. The highest BCUT2D eigenvalue weighted by atomic mass is 127. The molecular formula is C5H7IN4O2. The van der Waals surface area contributed by atoms with E-state index in [0.717, 1.165) is 6.21 Å². The molecule has 0 saturated carbocycles. The lowest BCUT2D eigenvalue weighted by molar-refractivity contribution is -0.143. The van der Waals surface area contributed by atoms with E-state index >= 15 is 0 Å². The normalized spacial score (nSPS) is 13.8. The van der Waals surface area contributed by atoms with Crippen LogP contribution in [0.2, 0.25) is 0 Å². The lowest BCUT2D eigenvalue weighted by Crippen LogP contribution is -2.31. The minimum absolute atomic E-state index is 0.0763. The highest BCUT2D eigenvalue weighted by Gasteiger charge is 2.26. The zero-order valence-electron chi connectivity index (χ0n) is 6.32. The molecule has 0 aromatic carbocycles. The van der Waals surface area contributed by atoms with Gasteiger partial charge in [0.25, 0.3) is 0 Å². The molecule has 6 nitrogen and oxygen atoms in total. The molecular weight excluding hydrogens is 275 g/mol. The van der Waals surface area contributed by atoms with Crippen LogP contribution >= 0.6 is 22.6 Å². The highest BCUT2D eigenvalue weighted by molar-refractivity contribution is 14.1. The van der Waals surface area contributed by atoms with Crippen LogP contribution in [0.5, 0.6) is 0 Å². The number of ether oxygens (including phenoxy) is 1. The second-order valence-corrected chi connectivity index (χ2v) is 3.74. The van der Waals surface area contributed by atoms with Crippen molar-refractivity contribution >= 4 is 34.8 Å². The molecule has 0 aliphatic carbocycles. The van der Waals surface area contributed by atoms with Crippen LogP contribution in [0.25, 0.3) is 10.4 Å². The first-order valence-electron chi connectivity index (χ1n) is 2.95. The number of alkyl halides is 1. The van der Waals surface area contributed by atoms with Crippen LogP contribution in [0, 0.1) is 5.41 Å². The van der Waals surface area contributed by atoms with E-state index in [1.165, 1.54) is 6.92 Å². The maximum atomic E-state index is 10.5. The first-order valence-corrected chi connectivity index (χ1v) is 4.03. The minimum atomic E-state index is -1.14. The number of azide groups is 1. The molecule has 0 heterocycles. The summed E-state index contributed by atoms with van der Waals surface area (Å²) >= 11 is 1.73. The molecule has 0 aliphatic heterocycles. The SMILES string of the molecule is CC(=O)OC(I)(C=N)CN=[N+]=[N-]. The average molecular weight is 282 g/mol. The van der Waals surface area contributed by atoms with Crippen molar-refractivity contribution < 1.29 is 9.53 Å². The smallest absolute Gasteiger partial charge is 0.304 e. The average Bonchev–Trinajstić information content (AvgIpc) is 2.00. The first kappa shape index (κ1) is 11.2. The number of esters is 1. The van der Waals surface area contributed by atoms with Gasteiger partial charge in [0.2, 0.25) is 3.61 Å². The van der Waals surface area contributed by atoms with Crippen LogP contribution in [0.4, 0.5) is 0 Å². The molecule has 66 valence electrons. The Bertz CT molecular complexity index is 232. The van der Waals surface area contributed by atoms with Crippen molar-refractivity contribution in [3.63, 3.8) is 0 Å². The number of nitrogens with one attached hydrogen (secondary N) is 1. The first-order chi connectivity index (χ1) is 5.54. The predicted molar refractivity (Wildman–Crippen MR) is 51.3 cm³/mol. The van der Waals surface area contributed by atoms with E-state index in [9.17, 15) is 4.79 Å². The summed E-state index contributed by atoms with van der Waals surface area (Å²) in [6.07, 6.45) is 0.920. The Kier molecular flexibility index (Phi) is 4.60. The number of hydrogen-bond donors (Lipinski definition) is 1. The van der Waals surface area contributed by atoms with E-state index in [1.54, 1.807) is 22.6 Å². The third-order valence-corrected chi connectivity index (χ3v) is 1.75. The quantitative estimate of drug-likeness (QED) is 0.161. The van der Waals surface area contributed by atoms with Gasteiger partial charge in [0.1, 0.15) is 0 Å². The summed E-state index contributed by atoms with van der Waals surface area (Å²) in [6.45, 7) is 1.15. The van der Waals surface area contributed by atoms with Gasteiger partial charge in [0.05, 0.1) is 6.54 Å². The maximum Gasteiger partial charge on any atom is 0.304 e. The molecule has 0 bridgehead atoms. The van der Waals surface area contributed by atoms with Crippen molar-refractivity contribution in [1.29, 1.82) is 5.41 Å². The van der Waals surface area contributed by atoms with Gasteiger partial charge < -0.3 is 10.1 Å². The molecule has 1 unspecified atom stereocenters. The van der Waals surface area contributed by atoms with E-state index in [0.29, 0.717) is 0 Å². The number of nitrogens with zero attached hydrogens (tertiary/aromatic N) is 3. The van der Waals surface area contributed by atoms with Gasteiger partial charge in [-0.05, 0) is 28.1 Å². The molecule has 0 saturated heterocycles. The van der Waals surface area contributed by atoms with Crippen LogP contribution in [0.1, 0.15) is 6.92 Å². The fourth-order valence-electron chi connectivity index (χ4n) is 0.474. The maximum absolute atomic E-state index is 10.5. The van der Waals surface area contributed by atoms with E-state index in [2.05, 4.69) is 10.0 Å². The third-order valence-electron chi connectivity index (χ3n) is 0.878. The lowest BCUT2D eigenvalue weighted by atomic mass is 10.4. The fraction of sp³-hybridized carbons (Fsp3) is 0.600. The number of carbonyl (C=O) groups is 1. The molecule has 12 heavy (non-hydrogen) atoms. The van der Waals surface area contributed by atoms with Gasteiger partial charge >= 0.3 is 5.97 Å². The molecule has 0 aromatic rings. The van der Waals surface area contributed by atoms with Gasteiger partial charge in [-0.15, -0.1) is 0 Å². The van der Waals surface area contributed by atoms with Gasteiger partial charge in [-0.1, -0.05) is 5.11 Å². The molecule has 0 radical (unpaired) electrons. The van der Waals surface area contributed by atoms with E-state index < -0.39 is 9.58 Å². The summed E-state index contributed by atoms with van der Waals surface area (Å²) in [5, 5.41) is 10.1. The molecule has 0 aromatic heterocycles. The Morgan fingerprint density at radius 2 is 2.58 bits per heavy atom. The van der Waals surface area contributed by atoms with Gasteiger partial charge in [-0.2, -0.15) is 0 Å². The van der Waals surface area contributed by atoms with Crippen LogP contribution in [-0.2, 0) is 9.53 Å². The van der Waals surface area contributed by atoms with E-state index in [4.69, 9.17) is 15.7 Å². The largest absolute Gasteiger partial charge is 0.443 e. The summed E-state index contributed by atoms with van der Waals surface area (Å²) in [5.74, 6) is -0.513. The van der Waals surface area contributed by atoms with Crippen molar-refractivity contribution in [2.45, 2.75) is 10.5 Å². The van der Waals surface area contributed by atoms with Crippen molar-refractivity contribution in [3.8, 4) is 0 Å². The monoisotopic (exact) mass is 282 g/mol. The van der Waals surface area contributed by atoms with Crippen molar-refractivity contribution in [1.82, 2.24) is 0 Å². The summed E-state index contributed by atoms with van der Waals surface area (Å²) < 4.78 is 3.59. The third kappa shape index (κ3) is 4.14. The standard InChI is InChI=1S/C5H7IN4O2/c1-4(11)12-5(6,2-7)3-9-10-8/h2,7H,3H2,1H3. The molecule has 1 atom stereocenters. The highest BCUT2D eigenvalue weighted by Crippen LogP contribution is 2.18. The molecule has 7 heteroatoms. The van der Waals surface area contributed by atoms with Gasteiger partial charge in [-0.25, -0.2) is 0 Å². The van der Waals surface area contributed by atoms with E-state index in [1.807, 2.05) is 0 Å². The summed E-state index contributed by atoms with van der Waals surface area (Å²) in [5.41, 5.74) is 8.00. The van der Waals surface area contributed by atoms with Crippen LogP contribution < -0.4 is 0 Å². The fourth-order valence-corrected chi connectivity index (χ4v) is 0.937.